The van der Waals surface area contributed by atoms with Gasteiger partial charge in [-0.2, -0.15) is 0 Å². The van der Waals surface area contributed by atoms with Gasteiger partial charge in [0, 0.05) is 18.5 Å². The van der Waals surface area contributed by atoms with Gasteiger partial charge in [-0.15, -0.1) is 22.9 Å². The van der Waals surface area contributed by atoms with E-state index in [4.69, 9.17) is 11.6 Å². The van der Waals surface area contributed by atoms with Crippen molar-refractivity contribution in [3.05, 3.63) is 15.6 Å². The number of aryl methyl sites for hydroxylation is 2. The van der Waals surface area contributed by atoms with Crippen LogP contribution in [0, 0.1) is 13.8 Å². The highest BCUT2D eigenvalue weighted by Crippen LogP contribution is 2.20. The normalized spacial score (nSPS) is 10.9. The van der Waals surface area contributed by atoms with Crippen LogP contribution in [0.5, 0.6) is 0 Å². The van der Waals surface area contributed by atoms with Crippen LogP contribution in [0.1, 0.15) is 34.2 Å². The molecule has 0 saturated carbocycles. The molecule has 0 radical (unpaired) electrons. The lowest BCUT2D eigenvalue weighted by Crippen LogP contribution is -2.38. The zero-order chi connectivity index (χ0) is 12.3. The first kappa shape index (κ1) is 13.5. The summed E-state index contributed by atoms with van der Waals surface area (Å²) in [7, 11) is 0. The summed E-state index contributed by atoms with van der Waals surface area (Å²) in [6.45, 7) is 8.35. The second-order valence-electron chi connectivity index (χ2n) is 3.93. The zero-order valence-corrected chi connectivity index (χ0v) is 11.7. The molecular formula is C11H17ClN2OS. The van der Waals surface area contributed by atoms with Crippen molar-refractivity contribution in [3.8, 4) is 0 Å². The third kappa shape index (κ3) is 2.95. The van der Waals surface area contributed by atoms with Crippen LogP contribution in [0.15, 0.2) is 0 Å². The van der Waals surface area contributed by atoms with Gasteiger partial charge in [0.05, 0.1) is 10.7 Å². The molecule has 1 amide bonds. The van der Waals surface area contributed by atoms with Crippen LogP contribution in [-0.4, -0.2) is 34.3 Å². The molecule has 0 atom stereocenters. The van der Waals surface area contributed by atoms with Crippen LogP contribution in [0.4, 0.5) is 0 Å². The van der Waals surface area contributed by atoms with E-state index < -0.39 is 0 Å². The Hall–Kier alpha value is -0.610. The van der Waals surface area contributed by atoms with Crippen LogP contribution < -0.4 is 0 Å². The minimum Gasteiger partial charge on any atom is -0.334 e. The lowest BCUT2D eigenvalue weighted by Gasteiger charge is -2.25. The largest absolute Gasteiger partial charge is 0.334 e. The summed E-state index contributed by atoms with van der Waals surface area (Å²) in [5.41, 5.74) is 0.813. The predicted molar refractivity (Wildman–Crippen MR) is 68.5 cm³/mol. The number of hydrogen-bond donors (Lipinski definition) is 0. The molecule has 1 rings (SSSR count). The number of rotatable bonds is 4. The Morgan fingerprint density at radius 2 is 2.12 bits per heavy atom. The molecule has 0 spiro atoms. The molecule has 0 aliphatic heterocycles. The number of nitrogens with zero attached hydrogens (tertiary/aromatic N) is 2. The molecule has 1 heterocycles. The molecule has 0 saturated heterocycles. The summed E-state index contributed by atoms with van der Waals surface area (Å²) in [4.78, 5) is 19.0. The highest BCUT2D eigenvalue weighted by atomic mass is 35.5. The fourth-order valence-corrected chi connectivity index (χ4v) is 2.60. The smallest absolute Gasteiger partial charge is 0.266 e. The summed E-state index contributed by atoms with van der Waals surface area (Å²) < 4.78 is 0. The van der Waals surface area contributed by atoms with Gasteiger partial charge in [0.1, 0.15) is 4.88 Å². The van der Waals surface area contributed by atoms with E-state index in [0.29, 0.717) is 12.4 Å². The quantitative estimate of drug-likeness (QED) is 0.780. The summed E-state index contributed by atoms with van der Waals surface area (Å²) in [6, 6.07) is 0.160. The average molecular weight is 261 g/mol. The second-order valence-corrected chi connectivity index (χ2v) is 5.51. The van der Waals surface area contributed by atoms with Crippen molar-refractivity contribution in [1.29, 1.82) is 0 Å². The number of thiazole rings is 1. The standard InChI is InChI=1S/C11H17ClN2OS/c1-7(2)14(6-5-12)11(15)10-8(3)13-9(4)16-10/h7H,5-6H2,1-4H3. The number of hydrogen-bond acceptors (Lipinski definition) is 3. The number of aromatic nitrogens is 1. The van der Waals surface area contributed by atoms with Crippen molar-refractivity contribution in [2.45, 2.75) is 33.7 Å². The molecule has 1 aromatic rings. The van der Waals surface area contributed by atoms with Crippen LogP contribution in [0.2, 0.25) is 0 Å². The lowest BCUT2D eigenvalue weighted by atomic mass is 10.2. The molecule has 90 valence electrons. The number of carbonyl (C=O) groups is 1. The third-order valence-corrected chi connectivity index (χ3v) is 3.54. The van der Waals surface area contributed by atoms with Gasteiger partial charge in [-0.25, -0.2) is 4.98 Å². The Balaban J connectivity index is 2.94. The molecule has 0 fully saturated rings. The first-order valence-corrected chi connectivity index (χ1v) is 6.63. The molecule has 0 bridgehead atoms. The van der Waals surface area contributed by atoms with Crippen molar-refractivity contribution >= 4 is 28.8 Å². The van der Waals surface area contributed by atoms with Gasteiger partial charge in [0.25, 0.3) is 5.91 Å². The van der Waals surface area contributed by atoms with Gasteiger partial charge in [-0.05, 0) is 27.7 Å². The van der Waals surface area contributed by atoms with E-state index in [2.05, 4.69) is 4.98 Å². The molecule has 3 nitrogen and oxygen atoms in total. The Labute approximate surface area is 105 Å². The Morgan fingerprint density at radius 3 is 2.50 bits per heavy atom. The fraction of sp³-hybridized carbons (Fsp3) is 0.636. The van der Waals surface area contributed by atoms with Gasteiger partial charge in [-0.1, -0.05) is 0 Å². The minimum atomic E-state index is 0.0405. The molecule has 16 heavy (non-hydrogen) atoms. The topological polar surface area (TPSA) is 33.2 Å². The highest BCUT2D eigenvalue weighted by molar-refractivity contribution is 7.13. The summed E-state index contributed by atoms with van der Waals surface area (Å²) in [6.07, 6.45) is 0. The van der Waals surface area contributed by atoms with Crippen LogP contribution in [-0.2, 0) is 0 Å². The maximum absolute atomic E-state index is 12.2. The summed E-state index contributed by atoms with van der Waals surface area (Å²) in [5, 5.41) is 0.926. The van der Waals surface area contributed by atoms with E-state index in [0.717, 1.165) is 15.6 Å². The number of carbonyl (C=O) groups excluding carboxylic acids is 1. The van der Waals surface area contributed by atoms with Crippen LogP contribution in [0.25, 0.3) is 0 Å². The van der Waals surface area contributed by atoms with E-state index in [1.807, 2.05) is 27.7 Å². The van der Waals surface area contributed by atoms with E-state index in [1.54, 1.807) is 4.90 Å². The number of halogens is 1. The Morgan fingerprint density at radius 1 is 1.50 bits per heavy atom. The Bertz CT molecular complexity index is 376. The minimum absolute atomic E-state index is 0.0405. The highest BCUT2D eigenvalue weighted by Gasteiger charge is 2.22. The van der Waals surface area contributed by atoms with Crippen LogP contribution in [0.3, 0.4) is 0 Å². The lowest BCUT2D eigenvalue weighted by molar-refractivity contribution is 0.0722. The molecule has 5 heteroatoms. The fourth-order valence-electron chi connectivity index (χ4n) is 1.55. The van der Waals surface area contributed by atoms with Crippen molar-refractivity contribution < 1.29 is 4.79 Å². The van der Waals surface area contributed by atoms with Gasteiger partial charge in [0.2, 0.25) is 0 Å². The van der Waals surface area contributed by atoms with Gasteiger partial charge in [0.15, 0.2) is 0 Å². The monoisotopic (exact) mass is 260 g/mol. The van der Waals surface area contributed by atoms with Crippen molar-refractivity contribution in [2.24, 2.45) is 0 Å². The average Bonchev–Trinajstić information content (AvgIpc) is 2.53. The van der Waals surface area contributed by atoms with E-state index in [-0.39, 0.29) is 11.9 Å². The van der Waals surface area contributed by atoms with Gasteiger partial charge < -0.3 is 4.90 Å². The molecule has 0 aliphatic carbocycles. The molecule has 0 unspecified atom stereocenters. The van der Waals surface area contributed by atoms with E-state index >= 15 is 0 Å². The number of amides is 1. The predicted octanol–water partition coefficient (Wildman–Crippen LogP) is 2.85. The second kappa shape index (κ2) is 5.64. The van der Waals surface area contributed by atoms with Crippen LogP contribution >= 0.6 is 22.9 Å². The maximum Gasteiger partial charge on any atom is 0.266 e. The first-order valence-electron chi connectivity index (χ1n) is 5.28. The van der Waals surface area contributed by atoms with E-state index in [9.17, 15) is 4.79 Å². The molecule has 0 aromatic carbocycles. The summed E-state index contributed by atoms with van der Waals surface area (Å²) in [5.74, 6) is 0.500. The number of alkyl halides is 1. The van der Waals surface area contributed by atoms with Crippen molar-refractivity contribution in [2.75, 3.05) is 12.4 Å². The molecule has 0 N–H and O–H groups in total. The van der Waals surface area contributed by atoms with E-state index in [1.165, 1.54) is 11.3 Å². The Kier molecular flexibility index (Phi) is 4.74. The SMILES string of the molecule is Cc1nc(C)c(C(=O)N(CCCl)C(C)C)s1. The third-order valence-electron chi connectivity index (χ3n) is 2.31. The summed E-state index contributed by atoms with van der Waals surface area (Å²) >= 11 is 7.16. The van der Waals surface area contributed by atoms with Crippen molar-refractivity contribution in [1.82, 2.24) is 9.88 Å². The molecular weight excluding hydrogens is 244 g/mol. The van der Waals surface area contributed by atoms with Crippen molar-refractivity contribution in [3.63, 3.8) is 0 Å². The molecule has 1 aromatic heterocycles. The maximum atomic E-state index is 12.2. The van der Waals surface area contributed by atoms with Gasteiger partial charge >= 0.3 is 0 Å². The first-order chi connectivity index (χ1) is 7.47. The molecule has 0 aliphatic rings. The van der Waals surface area contributed by atoms with Gasteiger partial charge in [-0.3, -0.25) is 4.79 Å². The zero-order valence-electron chi connectivity index (χ0n) is 10.1.